The Balaban J connectivity index is 1.82. The van der Waals surface area contributed by atoms with Crippen LogP contribution in [0.15, 0.2) is 23.1 Å². The number of amides is 1. The molecular weight excluding hydrogens is 336 g/mol. The summed E-state index contributed by atoms with van der Waals surface area (Å²) in [4.78, 5) is 12.4. The summed E-state index contributed by atoms with van der Waals surface area (Å²) in [6.45, 7) is 3.75. The quantitative estimate of drug-likeness (QED) is 0.812. The normalized spacial score (nSPS) is 16.9. The highest BCUT2D eigenvalue weighted by Crippen LogP contribution is 2.18. The van der Waals surface area contributed by atoms with Crippen molar-refractivity contribution < 1.29 is 13.2 Å². The number of rotatable bonds is 6. The third-order valence-corrected chi connectivity index (χ3v) is 6.35. The van der Waals surface area contributed by atoms with Crippen LogP contribution in [0.5, 0.6) is 0 Å². The number of hydrogen-bond donors (Lipinski definition) is 2. The molecule has 2 rings (SSSR count). The minimum absolute atomic E-state index is 0.0748. The molecule has 0 heterocycles. The number of aryl methyl sites for hydroxylation is 2. The first-order chi connectivity index (χ1) is 11.9. The molecule has 0 saturated heterocycles. The van der Waals surface area contributed by atoms with Gasteiger partial charge in [0.25, 0.3) is 0 Å². The van der Waals surface area contributed by atoms with Gasteiger partial charge in [-0.05, 0) is 43.9 Å². The largest absolute Gasteiger partial charge is 0.353 e. The second-order valence-corrected chi connectivity index (χ2v) is 8.76. The molecule has 6 heteroatoms. The lowest BCUT2D eigenvalue weighted by Gasteiger charge is -2.21. The van der Waals surface area contributed by atoms with Crippen LogP contribution >= 0.6 is 0 Å². The Morgan fingerprint density at radius 2 is 1.72 bits per heavy atom. The van der Waals surface area contributed by atoms with E-state index in [0.29, 0.717) is 5.56 Å². The Hall–Kier alpha value is -1.40. The number of carbonyl (C=O) groups excluding carboxylic acids is 1. The van der Waals surface area contributed by atoms with E-state index >= 15 is 0 Å². The van der Waals surface area contributed by atoms with Crippen LogP contribution in [0.4, 0.5) is 0 Å². The monoisotopic (exact) mass is 366 g/mol. The highest BCUT2D eigenvalue weighted by molar-refractivity contribution is 7.89. The van der Waals surface area contributed by atoms with E-state index in [1.807, 2.05) is 13.0 Å². The summed E-state index contributed by atoms with van der Waals surface area (Å²) >= 11 is 0. The summed E-state index contributed by atoms with van der Waals surface area (Å²) in [5.41, 5.74) is 1.60. The van der Waals surface area contributed by atoms with Crippen LogP contribution in [0, 0.1) is 13.8 Å². The third kappa shape index (κ3) is 6.44. The molecular formula is C19H30N2O3S. The van der Waals surface area contributed by atoms with Crippen molar-refractivity contribution in [2.75, 3.05) is 6.54 Å². The standard InChI is InChI=1S/C19H30N2O3S/c1-15-10-11-16(2)18(14-15)25(23,24)20-13-12-19(22)21-17-8-6-4-3-5-7-9-17/h10-11,14,17,20H,3-9,12-13H2,1-2H3,(H,21,22). The van der Waals surface area contributed by atoms with E-state index in [2.05, 4.69) is 10.0 Å². The van der Waals surface area contributed by atoms with E-state index < -0.39 is 10.0 Å². The maximum atomic E-state index is 12.4. The average molecular weight is 367 g/mol. The van der Waals surface area contributed by atoms with Gasteiger partial charge in [-0.1, -0.05) is 44.2 Å². The predicted molar refractivity (Wildman–Crippen MR) is 100.0 cm³/mol. The van der Waals surface area contributed by atoms with Crippen molar-refractivity contribution in [3.63, 3.8) is 0 Å². The Kier molecular flexibility index (Phi) is 7.44. The van der Waals surface area contributed by atoms with Crippen LogP contribution in [-0.4, -0.2) is 26.9 Å². The van der Waals surface area contributed by atoms with Gasteiger partial charge in [0.15, 0.2) is 0 Å². The molecule has 25 heavy (non-hydrogen) atoms. The van der Waals surface area contributed by atoms with Crippen molar-refractivity contribution in [1.29, 1.82) is 0 Å². The first-order valence-corrected chi connectivity index (χ1v) is 10.7. The van der Waals surface area contributed by atoms with Crippen LogP contribution < -0.4 is 10.0 Å². The van der Waals surface area contributed by atoms with Gasteiger partial charge in [-0.25, -0.2) is 13.1 Å². The first kappa shape index (κ1) is 19.9. The van der Waals surface area contributed by atoms with E-state index in [4.69, 9.17) is 0 Å². The van der Waals surface area contributed by atoms with Crippen LogP contribution in [0.1, 0.15) is 62.5 Å². The van der Waals surface area contributed by atoms with Crippen LogP contribution in [0.25, 0.3) is 0 Å². The molecule has 0 aromatic heterocycles. The molecule has 5 nitrogen and oxygen atoms in total. The lowest BCUT2D eigenvalue weighted by atomic mass is 9.96. The second kappa shape index (κ2) is 9.34. The SMILES string of the molecule is Cc1ccc(C)c(S(=O)(=O)NCCC(=O)NC2CCCCCCC2)c1. The van der Waals surface area contributed by atoms with Gasteiger partial charge < -0.3 is 5.32 Å². The molecule has 1 saturated carbocycles. The van der Waals surface area contributed by atoms with Gasteiger partial charge in [-0.2, -0.15) is 0 Å². The zero-order valence-electron chi connectivity index (χ0n) is 15.3. The van der Waals surface area contributed by atoms with Gasteiger partial charge in [0.05, 0.1) is 4.90 Å². The number of benzene rings is 1. The van der Waals surface area contributed by atoms with Crippen LogP contribution in [0.3, 0.4) is 0 Å². The molecule has 0 bridgehead atoms. The van der Waals surface area contributed by atoms with Gasteiger partial charge in [0.2, 0.25) is 15.9 Å². The predicted octanol–water partition coefficient (Wildman–Crippen LogP) is 3.20. The van der Waals surface area contributed by atoms with Gasteiger partial charge >= 0.3 is 0 Å². The van der Waals surface area contributed by atoms with E-state index in [0.717, 1.165) is 31.2 Å². The average Bonchev–Trinajstić information content (AvgIpc) is 2.52. The minimum Gasteiger partial charge on any atom is -0.353 e. The molecule has 1 aliphatic carbocycles. The summed E-state index contributed by atoms with van der Waals surface area (Å²) in [5.74, 6) is -0.0748. The zero-order chi connectivity index (χ0) is 18.3. The Labute approximate surface area is 151 Å². The minimum atomic E-state index is -3.58. The number of hydrogen-bond acceptors (Lipinski definition) is 3. The second-order valence-electron chi connectivity index (χ2n) is 7.03. The van der Waals surface area contributed by atoms with Gasteiger partial charge in [-0.15, -0.1) is 0 Å². The zero-order valence-corrected chi connectivity index (χ0v) is 16.1. The fourth-order valence-corrected chi connectivity index (χ4v) is 4.63. The van der Waals surface area contributed by atoms with Gasteiger partial charge in [-0.3, -0.25) is 4.79 Å². The van der Waals surface area contributed by atoms with Crippen LogP contribution in [-0.2, 0) is 14.8 Å². The van der Waals surface area contributed by atoms with Gasteiger partial charge in [0.1, 0.15) is 0 Å². The van der Waals surface area contributed by atoms with Crippen molar-refractivity contribution in [3.05, 3.63) is 29.3 Å². The third-order valence-electron chi connectivity index (χ3n) is 4.75. The number of carbonyl (C=O) groups is 1. The Bertz CT molecular complexity index is 678. The lowest BCUT2D eigenvalue weighted by molar-refractivity contribution is -0.121. The summed E-state index contributed by atoms with van der Waals surface area (Å²) in [6.07, 6.45) is 8.31. The van der Waals surface area contributed by atoms with E-state index in [9.17, 15) is 13.2 Å². The van der Waals surface area contributed by atoms with Crippen LogP contribution in [0.2, 0.25) is 0 Å². The Morgan fingerprint density at radius 1 is 1.08 bits per heavy atom. The molecule has 1 aliphatic rings. The van der Waals surface area contributed by atoms with E-state index in [1.165, 1.54) is 19.3 Å². The highest BCUT2D eigenvalue weighted by Gasteiger charge is 2.18. The first-order valence-electron chi connectivity index (χ1n) is 9.25. The summed E-state index contributed by atoms with van der Waals surface area (Å²) in [7, 11) is -3.58. The number of sulfonamides is 1. The summed E-state index contributed by atoms with van der Waals surface area (Å²) < 4.78 is 27.4. The maximum Gasteiger partial charge on any atom is 0.240 e. The molecule has 0 radical (unpaired) electrons. The van der Waals surface area contributed by atoms with Gasteiger partial charge in [0, 0.05) is 19.0 Å². The molecule has 1 aromatic rings. The molecule has 1 aromatic carbocycles. The van der Waals surface area contributed by atoms with E-state index in [-0.39, 0.29) is 29.8 Å². The molecule has 1 amide bonds. The topological polar surface area (TPSA) is 75.3 Å². The van der Waals surface area contributed by atoms with Crippen molar-refractivity contribution in [1.82, 2.24) is 10.0 Å². The summed E-state index contributed by atoms with van der Waals surface area (Å²) in [5, 5.41) is 3.06. The fraction of sp³-hybridized carbons (Fsp3) is 0.632. The van der Waals surface area contributed by atoms with Crippen molar-refractivity contribution in [2.24, 2.45) is 0 Å². The molecule has 1 fully saturated rings. The molecule has 0 spiro atoms. The molecule has 2 N–H and O–H groups in total. The molecule has 0 atom stereocenters. The lowest BCUT2D eigenvalue weighted by Crippen LogP contribution is -2.37. The Morgan fingerprint density at radius 3 is 2.40 bits per heavy atom. The number of nitrogens with one attached hydrogen (secondary N) is 2. The molecule has 140 valence electrons. The molecule has 0 aliphatic heterocycles. The molecule has 0 unspecified atom stereocenters. The highest BCUT2D eigenvalue weighted by atomic mass is 32.2. The van der Waals surface area contributed by atoms with E-state index in [1.54, 1.807) is 19.1 Å². The smallest absolute Gasteiger partial charge is 0.240 e. The summed E-state index contributed by atoms with van der Waals surface area (Å²) in [6, 6.07) is 5.58. The van der Waals surface area contributed by atoms with Crippen molar-refractivity contribution in [2.45, 2.75) is 76.2 Å². The van der Waals surface area contributed by atoms with Crippen molar-refractivity contribution >= 4 is 15.9 Å². The maximum absolute atomic E-state index is 12.4. The van der Waals surface area contributed by atoms with Crippen molar-refractivity contribution in [3.8, 4) is 0 Å². The fourth-order valence-electron chi connectivity index (χ4n) is 3.27.